The number of aromatic hydroxyl groups is 1. The highest BCUT2D eigenvalue weighted by molar-refractivity contribution is 6.09. The number of aromatic nitrogens is 2. The van der Waals surface area contributed by atoms with Gasteiger partial charge in [0.25, 0.3) is 0 Å². The fraction of sp³-hybridized carbons (Fsp3) is 0.500. The Labute approximate surface area is 187 Å². The number of ether oxygens (including phenoxy) is 1. The number of carbonyl (C=O) groups is 1. The van der Waals surface area contributed by atoms with E-state index in [0.29, 0.717) is 13.1 Å². The number of amides is 1. The molecular formula is C24H31FN4O3. The number of nitrogens with zero attached hydrogens (tertiary/aromatic N) is 4. The molecule has 1 saturated heterocycles. The number of halogens is 1. The Morgan fingerprint density at radius 3 is 2.53 bits per heavy atom. The van der Waals surface area contributed by atoms with Crippen molar-refractivity contribution in [2.75, 3.05) is 32.7 Å². The van der Waals surface area contributed by atoms with Gasteiger partial charge < -0.3 is 19.3 Å². The van der Waals surface area contributed by atoms with E-state index in [1.807, 2.05) is 27.7 Å². The summed E-state index contributed by atoms with van der Waals surface area (Å²) in [6, 6.07) is 4.91. The van der Waals surface area contributed by atoms with Gasteiger partial charge in [0.05, 0.1) is 17.2 Å². The summed E-state index contributed by atoms with van der Waals surface area (Å²) in [6.07, 6.45) is 2.20. The van der Waals surface area contributed by atoms with Crippen molar-refractivity contribution in [3.8, 4) is 5.75 Å². The van der Waals surface area contributed by atoms with Crippen molar-refractivity contribution < 1.29 is 19.0 Å². The van der Waals surface area contributed by atoms with E-state index in [2.05, 4.69) is 14.5 Å². The van der Waals surface area contributed by atoms with Crippen LogP contribution < -0.4 is 0 Å². The first-order chi connectivity index (χ1) is 15.1. The van der Waals surface area contributed by atoms with Gasteiger partial charge in [0.1, 0.15) is 11.4 Å². The summed E-state index contributed by atoms with van der Waals surface area (Å²) in [5.41, 5.74) is 2.18. The van der Waals surface area contributed by atoms with Gasteiger partial charge in [-0.1, -0.05) is 0 Å². The maximum atomic E-state index is 13.8. The van der Waals surface area contributed by atoms with E-state index in [1.54, 1.807) is 23.2 Å². The molecule has 3 aromatic rings. The smallest absolute Gasteiger partial charge is 0.410 e. The molecule has 0 aliphatic carbocycles. The second-order valence-electron chi connectivity index (χ2n) is 9.50. The maximum Gasteiger partial charge on any atom is 0.410 e. The van der Waals surface area contributed by atoms with Crippen LogP contribution in [0.1, 0.15) is 32.8 Å². The number of carbonyl (C=O) groups excluding carboxylic acids is 1. The molecule has 32 heavy (non-hydrogen) atoms. The largest absolute Gasteiger partial charge is 0.508 e. The summed E-state index contributed by atoms with van der Waals surface area (Å²) in [4.78, 5) is 20.2. The normalized spacial score (nSPS) is 15.6. The third-order valence-electron chi connectivity index (χ3n) is 5.88. The van der Waals surface area contributed by atoms with E-state index in [4.69, 9.17) is 4.74 Å². The SMILES string of the molecule is Cc1cc(O)cc2c1c1cc(F)ncc1n2CCCN1CCN(C(=O)OC(C)(C)C)CC1. The van der Waals surface area contributed by atoms with Gasteiger partial charge >= 0.3 is 6.09 Å². The Bertz CT molecular complexity index is 1140. The highest BCUT2D eigenvalue weighted by Crippen LogP contribution is 2.34. The molecule has 4 rings (SSSR count). The van der Waals surface area contributed by atoms with E-state index in [1.165, 1.54) is 6.07 Å². The molecule has 2 aromatic heterocycles. The predicted octanol–water partition coefficient (Wildman–Crippen LogP) is 4.29. The van der Waals surface area contributed by atoms with Crippen molar-refractivity contribution in [3.63, 3.8) is 0 Å². The molecule has 1 N–H and O–H groups in total. The third-order valence-corrected chi connectivity index (χ3v) is 5.88. The zero-order chi connectivity index (χ0) is 23.0. The Hall–Kier alpha value is -2.87. The van der Waals surface area contributed by atoms with Crippen molar-refractivity contribution in [1.82, 2.24) is 19.4 Å². The van der Waals surface area contributed by atoms with Crippen LogP contribution >= 0.6 is 0 Å². The number of piperazine rings is 1. The lowest BCUT2D eigenvalue weighted by Crippen LogP contribution is -2.50. The summed E-state index contributed by atoms with van der Waals surface area (Å²) in [5, 5.41) is 11.9. The van der Waals surface area contributed by atoms with Gasteiger partial charge in [-0.2, -0.15) is 4.39 Å². The van der Waals surface area contributed by atoms with E-state index < -0.39 is 11.5 Å². The standard InChI is InChI=1S/C24H31FN4O3/c1-16-12-17(30)13-19-22(16)18-14-21(25)26-15-20(18)29(19)7-5-6-27-8-10-28(11-9-27)23(31)32-24(2,3)4/h12-15,30H,5-11H2,1-4H3. The number of fused-ring (bicyclic) bond motifs is 3. The van der Waals surface area contributed by atoms with Crippen LogP contribution in [0.5, 0.6) is 5.75 Å². The first kappa shape index (κ1) is 22.3. The predicted molar refractivity (Wildman–Crippen MR) is 122 cm³/mol. The monoisotopic (exact) mass is 442 g/mol. The summed E-state index contributed by atoms with van der Waals surface area (Å²) in [7, 11) is 0. The average Bonchev–Trinajstić information content (AvgIpc) is 3.00. The maximum absolute atomic E-state index is 13.8. The first-order valence-electron chi connectivity index (χ1n) is 11.1. The van der Waals surface area contributed by atoms with E-state index in [9.17, 15) is 14.3 Å². The van der Waals surface area contributed by atoms with Crippen molar-refractivity contribution in [2.24, 2.45) is 0 Å². The number of hydrogen-bond acceptors (Lipinski definition) is 5. The molecule has 0 bridgehead atoms. The average molecular weight is 443 g/mol. The summed E-state index contributed by atoms with van der Waals surface area (Å²) in [6.45, 7) is 12.1. The molecule has 1 amide bonds. The van der Waals surface area contributed by atoms with Crippen molar-refractivity contribution in [3.05, 3.63) is 35.9 Å². The molecule has 3 heterocycles. The molecule has 0 radical (unpaired) electrons. The highest BCUT2D eigenvalue weighted by atomic mass is 19.1. The van der Waals surface area contributed by atoms with Crippen LogP contribution in [0.15, 0.2) is 24.4 Å². The van der Waals surface area contributed by atoms with Crippen molar-refractivity contribution >= 4 is 27.9 Å². The van der Waals surface area contributed by atoms with Gasteiger partial charge in [-0.15, -0.1) is 0 Å². The highest BCUT2D eigenvalue weighted by Gasteiger charge is 2.25. The van der Waals surface area contributed by atoms with Crippen LogP contribution in [0, 0.1) is 12.9 Å². The summed E-state index contributed by atoms with van der Waals surface area (Å²) in [5.74, 6) is -0.308. The van der Waals surface area contributed by atoms with Crippen molar-refractivity contribution in [1.29, 1.82) is 0 Å². The molecule has 1 fully saturated rings. The van der Waals surface area contributed by atoms with Crippen LogP contribution in [-0.4, -0.2) is 68.9 Å². The zero-order valence-corrected chi connectivity index (χ0v) is 19.2. The minimum atomic E-state index is -0.508. The minimum Gasteiger partial charge on any atom is -0.508 e. The minimum absolute atomic E-state index is 0.200. The number of pyridine rings is 1. The molecule has 8 heteroatoms. The molecule has 7 nitrogen and oxygen atoms in total. The number of hydrogen-bond donors (Lipinski definition) is 1. The number of phenols is 1. The first-order valence-corrected chi connectivity index (χ1v) is 11.1. The Kier molecular flexibility index (Phi) is 5.99. The lowest BCUT2D eigenvalue weighted by molar-refractivity contribution is 0.0144. The van der Waals surface area contributed by atoms with Crippen LogP contribution in [-0.2, 0) is 11.3 Å². The van der Waals surface area contributed by atoms with E-state index in [0.717, 1.165) is 60.0 Å². The van der Waals surface area contributed by atoms with Gasteiger partial charge in [-0.25, -0.2) is 9.78 Å². The van der Waals surface area contributed by atoms with Crippen LogP contribution in [0.3, 0.4) is 0 Å². The number of phenolic OH excluding ortho intramolecular Hbond substituents is 1. The molecule has 0 saturated carbocycles. The lowest BCUT2D eigenvalue weighted by atomic mass is 10.1. The number of benzene rings is 1. The molecule has 1 aliphatic heterocycles. The van der Waals surface area contributed by atoms with Crippen LogP contribution in [0.4, 0.5) is 9.18 Å². The number of rotatable bonds is 4. The quantitative estimate of drug-likeness (QED) is 0.611. The molecule has 0 spiro atoms. The molecule has 1 aromatic carbocycles. The lowest BCUT2D eigenvalue weighted by Gasteiger charge is -2.35. The second-order valence-corrected chi connectivity index (χ2v) is 9.50. The Morgan fingerprint density at radius 2 is 1.84 bits per heavy atom. The topological polar surface area (TPSA) is 70.8 Å². The molecule has 172 valence electrons. The van der Waals surface area contributed by atoms with Gasteiger partial charge in [0.2, 0.25) is 5.95 Å². The molecular weight excluding hydrogens is 411 g/mol. The third kappa shape index (κ3) is 4.65. The molecule has 0 atom stereocenters. The molecule has 1 aliphatic rings. The number of aryl methyl sites for hydroxylation is 2. The van der Waals surface area contributed by atoms with Gasteiger partial charge in [0.15, 0.2) is 0 Å². The van der Waals surface area contributed by atoms with Crippen LogP contribution in [0.25, 0.3) is 21.8 Å². The second kappa shape index (κ2) is 8.58. The van der Waals surface area contributed by atoms with Gasteiger partial charge in [-0.3, -0.25) is 4.90 Å². The fourth-order valence-electron chi connectivity index (χ4n) is 4.45. The summed E-state index contributed by atoms with van der Waals surface area (Å²) >= 11 is 0. The fourth-order valence-corrected chi connectivity index (χ4v) is 4.45. The molecule has 0 unspecified atom stereocenters. The summed E-state index contributed by atoms with van der Waals surface area (Å²) < 4.78 is 21.4. The van der Waals surface area contributed by atoms with Crippen LogP contribution in [0.2, 0.25) is 0 Å². The van der Waals surface area contributed by atoms with E-state index in [-0.39, 0.29) is 11.8 Å². The van der Waals surface area contributed by atoms with Gasteiger partial charge in [-0.05, 0) is 52.3 Å². The van der Waals surface area contributed by atoms with Crippen molar-refractivity contribution in [2.45, 2.75) is 46.3 Å². The van der Waals surface area contributed by atoms with E-state index >= 15 is 0 Å². The Morgan fingerprint density at radius 1 is 1.12 bits per heavy atom. The van der Waals surface area contributed by atoms with Gasteiger partial charge in [0, 0.05) is 55.6 Å². The zero-order valence-electron chi connectivity index (χ0n) is 19.2. The Balaban J connectivity index is 1.43.